The highest BCUT2D eigenvalue weighted by Gasteiger charge is 2.19. The molecule has 5 rings (SSSR count). The van der Waals surface area contributed by atoms with Gasteiger partial charge in [0.1, 0.15) is 0 Å². The normalized spacial score (nSPS) is 15.2. The molecule has 1 N–H and O–H groups in total. The molecule has 0 spiro atoms. The van der Waals surface area contributed by atoms with Crippen molar-refractivity contribution in [1.82, 2.24) is 19.9 Å². The highest BCUT2D eigenvalue weighted by molar-refractivity contribution is 6.30. The second-order valence-electron chi connectivity index (χ2n) is 7.48. The number of piperazine rings is 1. The van der Waals surface area contributed by atoms with Crippen LogP contribution < -0.4 is 4.90 Å². The van der Waals surface area contributed by atoms with Crippen molar-refractivity contribution in [2.24, 2.45) is 0 Å². The Balaban J connectivity index is 1.64. The Labute approximate surface area is 175 Å². The van der Waals surface area contributed by atoms with E-state index in [-0.39, 0.29) is 0 Å². The zero-order valence-corrected chi connectivity index (χ0v) is 17.0. The maximum absolute atomic E-state index is 6.09. The van der Waals surface area contributed by atoms with Crippen LogP contribution in [0.5, 0.6) is 0 Å². The number of para-hydroxylation sites is 1. The minimum absolute atomic E-state index is 0.721. The van der Waals surface area contributed by atoms with E-state index in [0.717, 1.165) is 70.6 Å². The van der Waals surface area contributed by atoms with Crippen LogP contribution in [0.25, 0.3) is 33.4 Å². The molecule has 1 aliphatic heterocycles. The molecule has 0 atom stereocenters. The van der Waals surface area contributed by atoms with Gasteiger partial charge in [0, 0.05) is 59.4 Å². The molecule has 0 amide bonds. The number of likely N-dealkylation sites (N-methyl/N-ethyl adjacent to an activating group) is 1. The first kappa shape index (κ1) is 18.2. The summed E-state index contributed by atoms with van der Waals surface area (Å²) in [4.78, 5) is 17.9. The van der Waals surface area contributed by atoms with Gasteiger partial charge >= 0.3 is 0 Å². The van der Waals surface area contributed by atoms with Crippen LogP contribution >= 0.6 is 11.6 Å². The molecule has 0 bridgehead atoms. The molecular weight excluding hydrogens is 382 g/mol. The summed E-state index contributed by atoms with van der Waals surface area (Å²) in [5.41, 5.74) is 5.07. The van der Waals surface area contributed by atoms with Crippen molar-refractivity contribution in [3.8, 4) is 22.5 Å². The van der Waals surface area contributed by atoms with E-state index < -0.39 is 0 Å². The van der Waals surface area contributed by atoms with Gasteiger partial charge < -0.3 is 14.8 Å². The number of anilines is 1. The predicted octanol–water partition coefficient (Wildman–Crippen LogP) is 4.70. The number of rotatable bonds is 3. The summed E-state index contributed by atoms with van der Waals surface area (Å²) < 4.78 is 0. The smallest absolute Gasteiger partial charge is 0.226 e. The van der Waals surface area contributed by atoms with E-state index in [4.69, 9.17) is 21.6 Å². The second kappa shape index (κ2) is 7.50. The first-order chi connectivity index (χ1) is 14.2. The second-order valence-corrected chi connectivity index (χ2v) is 7.92. The Morgan fingerprint density at radius 3 is 2.41 bits per heavy atom. The fourth-order valence-corrected chi connectivity index (χ4v) is 3.90. The van der Waals surface area contributed by atoms with Crippen LogP contribution in [0.2, 0.25) is 5.02 Å². The Morgan fingerprint density at radius 2 is 1.62 bits per heavy atom. The summed E-state index contributed by atoms with van der Waals surface area (Å²) in [5.74, 6) is 0.783. The monoisotopic (exact) mass is 403 g/mol. The van der Waals surface area contributed by atoms with E-state index in [9.17, 15) is 0 Å². The molecule has 5 nitrogen and oxygen atoms in total. The SMILES string of the molecule is CN1CCN(c2nc(-c3ccc(Cl)cc3)cc(-c3c[nH]c4ccccc34)n2)CC1. The lowest BCUT2D eigenvalue weighted by Crippen LogP contribution is -2.45. The zero-order chi connectivity index (χ0) is 19.8. The van der Waals surface area contributed by atoms with Gasteiger partial charge in [0.2, 0.25) is 5.95 Å². The zero-order valence-electron chi connectivity index (χ0n) is 16.3. The molecular formula is C23H22ClN5. The summed E-state index contributed by atoms with van der Waals surface area (Å²) >= 11 is 6.09. The van der Waals surface area contributed by atoms with Gasteiger partial charge in [0.15, 0.2) is 0 Å². The molecule has 3 heterocycles. The van der Waals surface area contributed by atoms with Gasteiger partial charge in [-0.15, -0.1) is 0 Å². The summed E-state index contributed by atoms with van der Waals surface area (Å²) in [6, 6.07) is 18.2. The topological polar surface area (TPSA) is 48.0 Å². The summed E-state index contributed by atoms with van der Waals surface area (Å²) in [5, 5.41) is 1.89. The van der Waals surface area contributed by atoms with Crippen molar-refractivity contribution >= 4 is 28.5 Å². The van der Waals surface area contributed by atoms with Crippen LogP contribution in [-0.4, -0.2) is 53.1 Å². The van der Waals surface area contributed by atoms with Gasteiger partial charge in [-0.3, -0.25) is 0 Å². The molecule has 1 fully saturated rings. The van der Waals surface area contributed by atoms with Gasteiger partial charge in [-0.25, -0.2) is 9.97 Å². The van der Waals surface area contributed by atoms with Gasteiger partial charge in [-0.1, -0.05) is 41.9 Å². The maximum Gasteiger partial charge on any atom is 0.226 e. The number of H-pyrrole nitrogens is 1. The van der Waals surface area contributed by atoms with Gasteiger partial charge in [0.05, 0.1) is 11.4 Å². The Bertz CT molecular complexity index is 1140. The number of benzene rings is 2. The lowest BCUT2D eigenvalue weighted by atomic mass is 10.1. The van der Waals surface area contributed by atoms with E-state index in [1.54, 1.807) is 0 Å². The molecule has 0 radical (unpaired) electrons. The third-order valence-electron chi connectivity index (χ3n) is 5.51. The molecule has 1 aliphatic rings. The first-order valence-electron chi connectivity index (χ1n) is 9.82. The number of aromatic nitrogens is 3. The fraction of sp³-hybridized carbons (Fsp3) is 0.217. The van der Waals surface area contributed by atoms with E-state index in [0.29, 0.717) is 0 Å². The highest BCUT2D eigenvalue weighted by Crippen LogP contribution is 2.31. The lowest BCUT2D eigenvalue weighted by molar-refractivity contribution is 0.311. The standard InChI is InChI=1S/C23H22ClN5/c1-28-10-12-29(13-11-28)23-26-21(16-6-8-17(24)9-7-16)14-22(27-23)19-15-25-20-5-3-2-4-18(19)20/h2-9,14-15,25H,10-13H2,1H3. The van der Waals surface area contributed by atoms with E-state index in [2.05, 4.69) is 46.1 Å². The number of halogens is 1. The van der Waals surface area contributed by atoms with E-state index >= 15 is 0 Å². The first-order valence-corrected chi connectivity index (χ1v) is 10.2. The molecule has 0 aliphatic carbocycles. The van der Waals surface area contributed by atoms with Crippen LogP contribution in [-0.2, 0) is 0 Å². The Hall–Kier alpha value is -2.89. The van der Waals surface area contributed by atoms with Gasteiger partial charge in [-0.05, 0) is 31.3 Å². The van der Waals surface area contributed by atoms with Gasteiger partial charge in [0.25, 0.3) is 0 Å². The highest BCUT2D eigenvalue weighted by atomic mass is 35.5. The Morgan fingerprint density at radius 1 is 0.897 bits per heavy atom. The number of nitrogens with one attached hydrogen (secondary N) is 1. The van der Waals surface area contributed by atoms with Crippen molar-refractivity contribution in [1.29, 1.82) is 0 Å². The minimum atomic E-state index is 0.721. The molecule has 2 aromatic carbocycles. The average Bonchev–Trinajstić information content (AvgIpc) is 3.19. The fourth-order valence-electron chi connectivity index (χ4n) is 3.77. The summed E-state index contributed by atoms with van der Waals surface area (Å²) in [6.07, 6.45) is 2.03. The lowest BCUT2D eigenvalue weighted by Gasteiger charge is -2.32. The number of aromatic amines is 1. The van der Waals surface area contributed by atoms with Crippen molar-refractivity contribution in [2.45, 2.75) is 0 Å². The van der Waals surface area contributed by atoms with Gasteiger partial charge in [-0.2, -0.15) is 0 Å². The maximum atomic E-state index is 6.09. The quantitative estimate of drug-likeness (QED) is 0.538. The van der Waals surface area contributed by atoms with Crippen LogP contribution in [0.4, 0.5) is 5.95 Å². The molecule has 1 saturated heterocycles. The van der Waals surface area contributed by atoms with Crippen LogP contribution in [0.3, 0.4) is 0 Å². The molecule has 2 aromatic heterocycles. The van der Waals surface area contributed by atoms with Crippen LogP contribution in [0, 0.1) is 0 Å². The largest absolute Gasteiger partial charge is 0.360 e. The number of nitrogens with zero attached hydrogens (tertiary/aromatic N) is 4. The summed E-state index contributed by atoms with van der Waals surface area (Å²) in [7, 11) is 2.15. The molecule has 146 valence electrons. The molecule has 4 aromatic rings. The van der Waals surface area contributed by atoms with E-state index in [1.165, 1.54) is 0 Å². The third kappa shape index (κ3) is 3.59. The number of hydrogen-bond donors (Lipinski definition) is 1. The van der Waals surface area contributed by atoms with Crippen LogP contribution in [0.1, 0.15) is 0 Å². The van der Waals surface area contributed by atoms with E-state index in [1.807, 2.05) is 36.5 Å². The molecule has 0 unspecified atom stereocenters. The van der Waals surface area contributed by atoms with Crippen molar-refractivity contribution in [3.63, 3.8) is 0 Å². The summed E-state index contributed by atoms with van der Waals surface area (Å²) in [6.45, 7) is 3.87. The number of hydrogen-bond acceptors (Lipinski definition) is 4. The van der Waals surface area contributed by atoms with Crippen molar-refractivity contribution in [2.75, 3.05) is 38.1 Å². The molecule has 29 heavy (non-hydrogen) atoms. The van der Waals surface area contributed by atoms with Crippen molar-refractivity contribution in [3.05, 3.63) is 65.8 Å². The molecule has 0 saturated carbocycles. The minimum Gasteiger partial charge on any atom is -0.360 e. The molecule has 6 heteroatoms. The van der Waals surface area contributed by atoms with Crippen LogP contribution in [0.15, 0.2) is 60.8 Å². The average molecular weight is 404 g/mol. The third-order valence-corrected chi connectivity index (χ3v) is 5.76. The predicted molar refractivity (Wildman–Crippen MR) is 119 cm³/mol. The number of fused-ring (bicyclic) bond motifs is 1. The Kier molecular flexibility index (Phi) is 4.70. The van der Waals surface area contributed by atoms with Crippen molar-refractivity contribution < 1.29 is 0 Å².